The molecular formula is C13H14N2O2. The monoisotopic (exact) mass is 230 g/mol. The largest absolute Gasteiger partial charge is 0.392 e. The van der Waals surface area contributed by atoms with Crippen LogP contribution in [0.5, 0.6) is 0 Å². The van der Waals surface area contributed by atoms with E-state index >= 15 is 0 Å². The first kappa shape index (κ1) is 11.5. The van der Waals surface area contributed by atoms with Crippen molar-refractivity contribution in [2.24, 2.45) is 0 Å². The predicted molar refractivity (Wildman–Crippen MR) is 65.8 cm³/mol. The summed E-state index contributed by atoms with van der Waals surface area (Å²) < 4.78 is 0. The lowest BCUT2D eigenvalue weighted by atomic mass is 10.1. The fourth-order valence-corrected chi connectivity index (χ4v) is 1.64. The van der Waals surface area contributed by atoms with Crippen LogP contribution in [0.4, 0.5) is 0 Å². The molecule has 1 atom stereocenters. The Labute approximate surface area is 99.3 Å². The first-order valence-corrected chi connectivity index (χ1v) is 5.48. The van der Waals surface area contributed by atoms with E-state index in [-0.39, 0.29) is 12.5 Å². The molecule has 2 rings (SSSR count). The van der Waals surface area contributed by atoms with E-state index in [1.807, 2.05) is 12.1 Å². The first-order chi connectivity index (χ1) is 8.18. The SMILES string of the molecule is C[C@@H](O)CNC(=O)c1cccc2ncccc12. The van der Waals surface area contributed by atoms with Crippen molar-refractivity contribution in [3.8, 4) is 0 Å². The number of aliphatic hydroxyl groups excluding tert-OH is 1. The van der Waals surface area contributed by atoms with Gasteiger partial charge in [-0.3, -0.25) is 9.78 Å². The molecule has 1 amide bonds. The van der Waals surface area contributed by atoms with Crippen molar-refractivity contribution < 1.29 is 9.90 Å². The highest BCUT2D eigenvalue weighted by Gasteiger charge is 2.10. The van der Waals surface area contributed by atoms with Crippen LogP contribution in [0.1, 0.15) is 17.3 Å². The van der Waals surface area contributed by atoms with Crippen molar-refractivity contribution in [2.45, 2.75) is 13.0 Å². The zero-order valence-corrected chi connectivity index (χ0v) is 9.55. The van der Waals surface area contributed by atoms with E-state index in [0.717, 1.165) is 10.9 Å². The smallest absolute Gasteiger partial charge is 0.252 e. The molecule has 88 valence electrons. The standard InChI is InChI=1S/C13H14N2O2/c1-9(16)8-15-13(17)11-4-2-6-12-10(11)5-3-7-14-12/h2-7,9,16H,8H2,1H3,(H,15,17)/t9-/m1/s1. The minimum Gasteiger partial charge on any atom is -0.392 e. The van der Waals surface area contributed by atoms with Gasteiger partial charge in [0.05, 0.1) is 11.6 Å². The Hall–Kier alpha value is -1.94. The maximum absolute atomic E-state index is 11.9. The minimum absolute atomic E-state index is 0.190. The van der Waals surface area contributed by atoms with Crippen LogP contribution in [-0.2, 0) is 0 Å². The predicted octanol–water partition coefficient (Wildman–Crippen LogP) is 1.35. The number of hydrogen-bond acceptors (Lipinski definition) is 3. The Morgan fingerprint density at radius 3 is 3.00 bits per heavy atom. The van der Waals surface area contributed by atoms with Gasteiger partial charge < -0.3 is 10.4 Å². The third kappa shape index (κ3) is 2.60. The molecule has 2 N–H and O–H groups in total. The molecule has 0 aliphatic rings. The number of pyridine rings is 1. The summed E-state index contributed by atoms with van der Waals surface area (Å²) in [7, 11) is 0. The van der Waals surface area contributed by atoms with Gasteiger partial charge in [0.25, 0.3) is 5.91 Å². The number of amides is 1. The molecule has 0 radical (unpaired) electrons. The minimum atomic E-state index is -0.549. The van der Waals surface area contributed by atoms with Gasteiger partial charge in [0, 0.05) is 23.7 Å². The van der Waals surface area contributed by atoms with E-state index in [0.29, 0.717) is 5.56 Å². The molecule has 1 heterocycles. The molecule has 0 spiro atoms. The second-order valence-corrected chi connectivity index (χ2v) is 3.93. The molecule has 0 aliphatic carbocycles. The third-order valence-electron chi connectivity index (χ3n) is 2.45. The quantitative estimate of drug-likeness (QED) is 0.836. The van der Waals surface area contributed by atoms with Gasteiger partial charge in [-0.05, 0) is 25.1 Å². The fourth-order valence-electron chi connectivity index (χ4n) is 1.64. The molecule has 1 aromatic carbocycles. The average molecular weight is 230 g/mol. The second-order valence-electron chi connectivity index (χ2n) is 3.93. The van der Waals surface area contributed by atoms with E-state index in [1.54, 1.807) is 31.3 Å². The Balaban J connectivity index is 2.32. The van der Waals surface area contributed by atoms with Gasteiger partial charge in [0.15, 0.2) is 0 Å². The topological polar surface area (TPSA) is 62.2 Å². The van der Waals surface area contributed by atoms with Crippen molar-refractivity contribution in [1.82, 2.24) is 10.3 Å². The molecule has 0 aliphatic heterocycles. The normalized spacial score (nSPS) is 12.4. The highest BCUT2D eigenvalue weighted by atomic mass is 16.3. The van der Waals surface area contributed by atoms with Gasteiger partial charge in [-0.1, -0.05) is 12.1 Å². The van der Waals surface area contributed by atoms with Crippen LogP contribution in [-0.4, -0.2) is 28.6 Å². The molecule has 1 aromatic heterocycles. The van der Waals surface area contributed by atoms with Crippen molar-refractivity contribution in [2.75, 3.05) is 6.54 Å². The van der Waals surface area contributed by atoms with Crippen molar-refractivity contribution in [3.63, 3.8) is 0 Å². The summed E-state index contributed by atoms with van der Waals surface area (Å²) >= 11 is 0. The average Bonchev–Trinajstić information content (AvgIpc) is 2.35. The molecule has 0 bridgehead atoms. The molecule has 17 heavy (non-hydrogen) atoms. The number of carbonyl (C=O) groups excluding carboxylic acids is 1. The van der Waals surface area contributed by atoms with Crippen molar-refractivity contribution >= 4 is 16.8 Å². The van der Waals surface area contributed by atoms with Crippen molar-refractivity contribution in [1.29, 1.82) is 0 Å². The maximum Gasteiger partial charge on any atom is 0.252 e. The number of fused-ring (bicyclic) bond motifs is 1. The van der Waals surface area contributed by atoms with E-state index in [9.17, 15) is 4.79 Å². The number of aromatic nitrogens is 1. The number of rotatable bonds is 3. The van der Waals surface area contributed by atoms with Crippen LogP contribution in [0, 0.1) is 0 Å². The van der Waals surface area contributed by atoms with Crippen LogP contribution >= 0.6 is 0 Å². The Kier molecular flexibility index (Phi) is 3.35. The van der Waals surface area contributed by atoms with Crippen LogP contribution in [0.3, 0.4) is 0 Å². The summed E-state index contributed by atoms with van der Waals surface area (Å²) in [6, 6.07) is 9.07. The van der Waals surface area contributed by atoms with Gasteiger partial charge in [-0.2, -0.15) is 0 Å². The first-order valence-electron chi connectivity index (χ1n) is 5.48. The third-order valence-corrected chi connectivity index (χ3v) is 2.45. The molecule has 4 heteroatoms. The lowest BCUT2D eigenvalue weighted by Gasteiger charge is -2.08. The van der Waals surface area contributed by atoms with Crippen LogP contribution in [0.15, 0.2) is 36.5 Å². The van der Waals surface area contributed by atoms with Crippen molar-refractivity contribution in [3.05, 3.63) is 42.1 Å². The zero-order chi connectivity index (χ0) is 12.3. The fraction of sp³-hybridized carbons (Fsp3) is 0.231. The van der Waals surface area contributed by atoms with Gasteiger partial charge in [0.1, 0.15) is 0 Å². The van der Waals surface area contributed by atoms with E-state index in [1.165, 1.54) is 0 Å². The molecule has 2 aromatic rings. The molecule has 0 saturated carbocycles. The van der Waals surface area contributed by atoms with E-state index < -0.39 is 6.10 Å². The van der Waals surface area contributed by atoms with Crippen LogP contribution < -0.4 is 5.32 Å². The molecule has 4 nitrogen and oxygen atoms in total. The highest BCUT2D eigenvalue weighted by molar-refractivity contribution is 6.06. The summed E-state index contributed by atoms with van der Waals surface area (Å²) in [6.45, 7) is 1.88. The number of nitrogens with one attached hydrogen (secondary N) is 1. The van der Waals surface area contributed by atoms with Crippen LogP contribution in [0.2, 0.25) is 0 Å². The van der Waals surface area contributed by atoms with Gasteiger partial charge in [-0.15, -0.1) is 0 Å². The second kappa shape index (κ2) is 4.93. The molecular weight excluding hydrogens is 216 g/mol. The Morgan fingerprint density at radius 1 is 1.41 bits per heavy atom. The van der Waals surface area contributed by atoms with Gasteiger partial charge in [0.2, 0.25) is 0 Å². The molecule has 0 saturated heterocycles. The number of hydrogen-bond donors (Lipinski definition) is 2. The summed E-state index contributed by atoms with van der Waals surface area (Å²) in [5.74, 6) is -0.190. The Bertz CT molecular complexity index is 532. The number of benzene rings is 1. The lowest BCUT2D eigenvalue weighted by molar-refractivity contribution is 0.0925. The van der Waals surface area contributed by atoms with Gasteiger partial charge in [-0.25, -0.2) is 0 Å². The summed E-state index contributed by atoms with van der Waals surface area (Å²) in [6.07, 6.45) is 1.15. The number of aliphatic hydroxyl groups is 1. The summed E-state index contributed by atoms with van der Waals surface area (Å²) in [5, 5.41) is 12.6. The lowest BCUT2D eigenvalue weighted by Crippen LogP contribution is -2.30. The Morgan fingerprint density at radius 2 is 2.24 bits per heavy atom. The van der Waals surface area contributed by atoms with Gasteiger partial charge >= 0.3 is 0 Å². The summed E-state index contributed by atoms with van der Waals surface area (Å²) in [5.41, 5.74) is 1.37. The molecule has 0 unspecified atom stereocenters. The molecule has 0 fully saturated rings. The number of nitrogens with zero attached hydrogens (tertiary/aromatic N) is 1. The van der Waals surface area contributed by atoms with E-state index in [2.05, 4.69) is 10.3 Å². The number of carbonyl (C=O) groups is 1. The highest BCUT2D eigenvalue weighted by Crippen LogP contribution is 2.15. The van der Waals surface area contributed by atoms with E-state index in [4.69, 9.17) is 5.11 Å². The van der Waals surface area contributed by atoms with Crippen LogP contribution in [0.25, 0.3) is 10.9 Å². The maximum atomic E-state index is 11.9. The summed E-state index contributed by atoms with van der Waals surface area (Å²) in [4.78, 5) is 16.1. The zero-order valence-electron chi connectivity index (χ0n) is 9.55.